The molecular formula is C19H20N2O4. The van der Waals surface area contributed by atoms with E-state index in [2.05, 4.69) is 5.32 Å². The van der Waals surface area contributed by atoms with Crippen LogP contribution in [-0.4, -0.2) is 26.0 Å². The highest BCUT2D eigenvalue weighted by Crippen LogP contribution is 2.48. The van der Waals surface area contributed by atoms with E-state index in [1.807, 2.05) is 24.3 Å². The monoisotopic (exact) mass is 340 g/mol. The summed E-state index contributed by atoms with van der Waals surface area (Å²) >= 11 is 0. The van der Waals surface area contributed by atoms with Gasteiger partial charge >= 0.3 is 0 Å². The quantitative estimate of drug-likeness (QED) is 0.845. The molecule has 2 amide bonds. The predicted molar refractivity (Wildman–Crippen MR) is 94.0 cm³/mol. The number of hydrogen-bond acceptors (Lipinski definition) is 4. The Kier molecular flexibility index (Phi) is 4.61. The van der Waals surface area contributed by atoms with Crippen LogP contribution in [0.15, 0.2) is 42.5 Å². The third-order valence-corrected chi connectivity index (χ3v) is 4.41. The molecule has 2 aromatic rings. The lowest BCUT2D eigenvalue weighted by Crippen LogP contribution is -2.17. The molecule has 2 atom stereocenters. The summed E-state index contributed by atoms with van der Waals surface area (Å²) < 4.78 is 10.4. The zero-order chi connectivity index (χ0) is 18.0. The summed E-state index contributed by atoms with van der Waals surface area (Å²) in [7, 11) is 3.13. The van der Waals surface area contributed by atoms with Gasteiger partial charge in [-0.2, -0.15) is 0 Å². The molecular weight excluding hydrogens is 320 g/mol. The third-order valence-electron chi connectivity index (χ3n) is 4.41. The average Bonchev–Trinajstić information content (AvgIpc) is 3.42. The lowest BCUT2D eigenvalue weighted by atomic mass is 10.1. The maximum atomic E-state index is 12.5. The molecule has 0 spiro atoms. The minimum absolute atomic E-state index is 0.0965. The number of hydrogen-bond donors (Lipinski definition) is 2. The molecule has 0 heterocycles. The van der Waals surface area contributed by atoms with E-state index in [1.54, 1.807) is 19.2 Å². The number of nitrogens with one attached hydrogen (secondary N) is 1. The van der Waals surface area contributed by atoms with Crippen LogP contribution in [0.4, 0.5) is 5.69 Å². The van der Waals surface area contributed by atoms with Gasteiger partial charge in [0.2, 0.25) is 11.8 Å². The van der Waals surface area contributed by atoms with Crippen molar-refractivity contribution in [3.63, 3.8) is 0 Å². The molecule has 1 aliphatic carbocycles. The molecule has 0 aliphatic heterocycles. The van der Waals surface area contributed by atoms with Crippen LogP contribution in [0, 0.1) is 5.92 Å². The van der Waals surface area contributed by atoms with Gasteiger partial charge in [-0.15, -0.1) is 0 Å². The van der Waals surface area contributed by atoms with Gasteiger partial charge in [0.1, 0.15) is 11.5 Å². The normalized spacial score (nSPS) is 18.3. The zero-order valence-electron chi connectivity index (χ0n) is 14.1. The van der Waals surface area contributed by atoms with Crippen molar-refractivity contribution < 1.29 is 19.1 Å². The van der Waals surface area contributed by atoms with Crippen molar-refractivity contribution in [1.29, 1.82) is 0 Å². The second kappa shape index (κ2) is 6.84. The Balaban J connectivity index is 1.71. The standard InChI is InChI=1S/C19H20N2O4/c1-24-13-6-3-11(4-7-13)14-10-15(14)19(23)21-16-9-12(18(20)22)5-8-17(16)25-2/h3-9,14-15H,10H2,1-2H3,(H2,20,22)(H,21,23)/t14-,15-/m0/s1. The molecule has 130 valence electrons. The molecule has 3 rings (SSSR count). The smallest absolute Gasteiger partial charge is 0.248 e. The first-order chi connectivity index (χ1) is 12.0. The van der Waals surface area contributed by atoms with Crippen LogP contribution < -0.4 is 20.5 Å². The van der Waals surface area contributed by atoms with Crippen molar-refractivity contribution in [1.82, 2.24) is 0 Å². The van der Waals surface area contributed by atoms with E-state index < -0.39 is 5.91 Å². The summed E-state index contributed by atoms with van der Waals surface area (Å²) in [6.07, 6.45) is 0.788. The van der Waals surface area contributed by atoms with E-state index in [9.17, 15) is 9.59 Å². The van der Waals surface area contributed by atoms with Crippen molar-refractivity contribution in [2.75, 3.05) is 19.5 Å². The van der Waals surface area contributed by atoms with Crippen LogP contribution >= 0.6 is 0 Å². The largest absolute Gasteiger partial charge is 0.497 e. The van der Waals surface area contributed by atoms with Gasteiger partial charge in [0.25, 0.3) is 0 Å². The number of anilines is 1. The zero-order valence-corrected chi connectivity index (χ0v) is 14.1. The molecule has 6 nitrogen and oxygen atoms in total. The van der Waals surface area contributed by atoms with E-state index in [-0.39, 0.29) is 17.7 Å². The summed E-state index contributed by atoms with van der Waals surface area (Å²) in [5.41, 5.74) is 7.17. The number of carbonyl (C=O) groups is 2. The van der Waals surface area contributed by atoms with Crippen LogP contribution in [0.1, 0.15) is 28.3 Å². The molecule has 3 N–H and O–H groups in total. The van der Waals surface area contributed by atoms with Crippen LogP contribution in [0.25, 0.3) is 0 Å². The summed E-state index contributed by atoms with van der Waals surface area (Å²) in [6, 6.07) is 12.4. The fourth-order valence-corrected chi connectivity index (χ4v) is 2.89. The van der Waals surface area contributed by atoms with Gasteiger partial charge in [0.05, 0.1) is 19.9 Å². The Hall–Kier alpha value is -3.02. The van der Waals surface area contributed by atoms with Gasteiger partial charge in [0, 0.05) is 11.5 Å². The number of benzene rings is 2. The Morgan fingerprint density at radius 2 is 1.80 bits per heavy atom. The highest BCUT2D eigenvalue weighted by Gasteiger charge is 2.44. The first-order valence-electron chi connectivity index (χ1n) is 7.96. The van der Waals surface area contributed by atoms with Crippen molar-refractivity contribution in [2.24, 2.45) is 11.7 Å². The maximum Gasteiger partial charge on any atom is 0.248 e. The predicted octanol–water partition coefficient (Wildman–Crippen LogP) is 2.54. The number of nitrogens with two attached hydrogens (primary N) is 1. The highest BCUT2D eigenvalue weighted by atomic mass is 16.5. The average molecular weight is 340 g/mol. The van der Waals surface area contributed by atoms with E-state index in [1.165, 1.54) is 13.2 Å². The lowest BCUT2D eigenvalue weighted by Gasteiger charge is -2.11. The molecule has 25 heavy (non-hydrogen) atoms. The van der Waals surface area contributed by atoms with E-state index >= 15 is 0 Å². The van der Waals surface area contributed by atoms with Gasteiger partial charge in [-0.05, 0) is 48.2 Å². The Morgan fingerprint density at radius 1 is 1.08 bits per heavy atom. The topological polar surface area (TPSA) is 90.6 Å². The summed E-state index contributed by atoms with van der Waals surface area (Å²) in [6.45, 7) is 0. The summed E-state index contributed by atoms with van der Waals surface area (Å²) in [4.78, 5) is 23.9. The van der Waals surface area contributed by atoms with Crippen LogP contribution in [0.2, 0.25) is 0 Å². The van der Waals surface area contributed by atoms with E-state index in [0.717, 1.165) is 17.7 Å². The van der Waals surface area contributed by atoms with Crippen LogP contribution in [-0.2, 0) is 4.79 Å². The van der Waals surface area contributed by atoms with Gasteiger partial charge in [-0.25, -0.2) is 0 Å². The molecule has 0 radical (unpaired) electrons. The maximum absolute atomic E-state index is 12.5. The Morgan fingerprint density at radius 3 is 2.40 bits per heavy atom. The molecule has 0 saturated heterocycles. The molecule has 6 heteroatoms. The van der Waals surface area contributed by atoms with Crippen LogP contribution in [0.3, 0.4) is 0 Å². The lowest BCUT2D eigenvalue weighted by molar-refractivity contribution is -0.117. The Labute approximate surface area is 145 Å². The minimum Gasteiger partial charge on any atom is -0.497 e. The number of ether oxygens (including phenoxy) is 2. The summed E-state index contributed by atoms with van der Waals surface area (Å²) in [5, 5.41) is 2.84. The van der Waals surface area contributed by atoms with Crippen molar-refractivity contribution >= 4 is 17.5 Å². The third kappa shape index (κ3) is 3.57. The number of primary amides is 1. The van der Waals surface area contributed by atoms with Crippen molar-refractivity contribution in [2.45, 2.75) is 12.3 Å². The number of amides is 2. The number of methoxy groups -OCH3 is 2. The van der Waals surface area contributed by atoms with Crippen molar-refractivity contribution in [3.05, 3.63) is 53.6 Å². The molecule has 1 saturated carbocycles. The molecule has 1 fully saturated rings. The van der Waals surface area contributed by atoms with Gasteiger partial charge in [-0.1, -0.05) is 12.1 Å². The first kappa shape index (κ1) is 16.8. The van der Waals surface area contributed by atoms with Crippen LogP contribution in [0.5, 0.6) is 11.5 Å². The van der Waals surface area contributed by atoms with Gasteiger partial charge in [-0.3, -0.25) is 9.59 Å². The summed E-state index contributed by atoms with van der Waals surface area (Å²) in [5.74, 6) is 0.714. The first-order valence-corrected chi connectivity index (χ1v) is 7.96. The molecule has 0 bridgehead atoms. The van der Waals surface area contributed by atoms with Gasteiger partial charge < -0.3 is 20.5 Å². The van der Waals surface area contributed by atoms with E-state index in [0.29, 0.717) is 17.0 Å². The molecule has 2 aromatic carbocycles. The SMILES string of the molecule is COc1ccc([C@@H]2C[C@@H]2C(=O)Nc2cc(C(N)=O)ccc2OC)cc1. The molecule has 0 aromatic heterocycles. The molecule has 0 unspecified atom stereocenters. The molecule has 1 aliphatic rings. The minimum atomic E-state index is -0.555. The highest BCUT2D eigenvalue weighted by molar-refractivity contribution is 5.99. The number of carbonyl (C=O) groups excluding carboxylic acids is 2. The van der Waals surface area contributed by atoms with Crippen molar-refractivity contribution in [3.8, 4) is 11.5 Å². The second-order valence-electron chi connectivity index (χ2n) is 5.99. The Bertz CT molecular complexity index is 802. The number of rotatable bonds is 6. The van der Waals surface area contributed by atoms with Gasteiger partial charge in [0.15, 0.2) is 0 Å². The van der Waals surface area contributed by atoms with E-state index in [4.69, 9.17) is 15.2 Å². The fraction of sp³-hybridized carbons (Fsp3) is 0.263. The fourth-order valence-electron chi connectivity index (χ4n) is 2.89. The second-order valence-corrected chi connectivity index (χ2v) is 5.99.